The second-order valence-corrected chi connectivity index (χ2v) is 7.77. The van der Waals surface area contributed by atoms with Gasteiger partial charge in [0.05, 0.1) is 6.10 Å². The van der Waals surface area contributed by atoms with Gasteiger partial charge in [0.1, 0.15) is 0 Å². The molecule has 0 bridgehead atoms. The van der Waals surface area contributed by atoms with E-state index in [1.807, 2.05) is 0 Å². The number of hydrogen-bond donors (Lipinski definition) is 2. The number of likely N-dealkylation sites (tertiary alicyclic amines) is 1. The highest BCUT2D eigenvalue weighted by atomic mass is 16.3. The molecule has 2 fully saturated rings. The minimum atomic E-state index is -0.104. The molecule has 2 rings (SSSR count). The monoisotopic (exact) mass is 296 g/mol. The Morgan fingerprint density at radius 1 is 1.24 bits per heavy atom. The number of nitrogens with zero attached hydrogens (tertiary/aromatic N) is 1. The summed E-state index contributed by atoms with van der Waals surface area (Å²) >= 11 is 0. The summed E-state index contributed by atoms with van der Waals surface area (Å²) in [6.07, 6.45) is 8.49. The molecular formula is C18H36N2O. The van der Waals surface area contributed by atoms with E-state index < -0.39 is 0 Å². The van der Waals surface area contributed by atoms with E-state index in [0.717, 1.165) is 31.3 Å². The van der Waals surface area contributed by atoms with Crippen LogP contribution < -0.4 is 5.32 Å². The van der Waals surface area contributed by atoms with E-state index in [4.69, 9.17) is 0 Å². The third-order valence-corrected chi connectivity index (χ3v) is 5.39. The fourth-order valence-corrected chi connectivity index (χ4v) is 3.74. The SMILES string of the molecule is CCC(O)CC1CC(NCCC(C)C)CN(C2CCC2)C1. The molecule has 3 unspecified atom stereocenters. The molecule has 1 saturated carbocycles. The third kappa shape index (κ3) is 5.54. The fourth-order valence-electron chi connectivity index (χ4n) is 3.74. The van der Waals surface area contributed by atoms with Crippen molar-refractivity contribution >= 4 is 0 Å². The molecular weight excluding hydrogens is 260 g/mol. The molecule has 0 radical (unpaired) electrons. The molecule has 2 N–H and O–H groups in total. The van der Waals surface area contributed by atoms with Crippen molar-refractivity contribution in [3.05, 3.63) is 0 Å². The minimum absolute atomic E-state index is 0.104. The van der Waals surface area contributed by atoms with E-state index >= 15 is 0 Å². The van der Waals surface area contributed by atoms with Crippen LogP contribution in [0.2, 0.25) is 0 Å². The zero-order valence-corrected chi connectivity index (χ0v) is 14.4. The molecule has 0 aromatic heterocycles. The highest BCUT2D eigenvalue weighted by Gasteiger charge is 2.33. The summed E-state index contributed by atoms with van der Waals surface area (Å²) in [7, 11) is 0. The van der Waals surface area contributed by atoms with Crippen molar-refractivity contribution in [1.82, 2.24) is 10.2 Å². The first kappa shape index (κ1) is 17.2. The van der Waals surface area contributed by atoms with Gasteiger partial charge in [-0.15, -0.1) is 0 Å². The van der Waals surface area contributed by atoms with Crippen LogP contribution in [0.15, 0.2) is 0 Å². The lowest BCUT2D eigenvalue weighted by Gasteiger charge is -2.46. The van der Waals surface area contributed by atoms with Gasteiger partial charge >= 0.3 is 0 Å². The zero-order valence-electron chi connectivity index (χ0n) is 14.4. The summed E-state index contributed by atoms with van der Waals surface area (Å²) in [6, 6.07) is 1.47. The van der Waals surface area contributed by atoms with Crippen molar-refractivity contribution in [2.75, 3.05) is 19.6 Å². The maximum atomic E-state index is 10.0. The third-order valence-electron chi connectivity index (χ3n) is 5.39. The number of rotatable bonds is 8. The lowest BCUT2D eigenvalue weighted by Crippen LogP contribution is -2.54. The summed E-state index contributed by atoms with van der Waals surface area (Å²) < 4.78 is 0. The van der Waals surface area contributed by atoms with Crippen LogP contribution in [0.25, 0.3) is 0 Å². The maximum absolute atomic E-state index is 10.0. The standard InChI is InChI=1S/C18H36N2O/c1-4-18(21)11-15-10-16(19-9-8-14(2)3)13-20(12-15)17-6-5-7-17/h14-19,21H,4-13H2,1-3H3. The van der Waals surface area contributed by atoms with Crippen LogP contribution >= 0.6 is 0 Å². The smallest absolute Gasteiger partial charge is 0.0540 e. The molecule has 0 aromatic rings. The molecule has 3 atom stereocenters. The quantitative estimate of drug-likeness (QED) is 0.723. The fraction of sp³-hybridized carbons (Fsp3) is 1.00. The molecule has 3 heteroatoms. The van der Waals surface area contributed by atoms with Gasteiger partial charge in [0.25, 0.3) is 0 Å². The van der Waals surface area contributed by atoms with Gasteiger partial charge in [0.15, 0.2) is 0 Å². The van der Waals surface area contributed by atoms with Crippen LogP contribution in [0, 0.1) is 11.8 Å². The van der Waals surface area contributed by atoms with Crippen molar-refractivity contribution in [2.24, 2.45) is 11.8 Å². The van der Waals surface area contributed by atoms with Crippen molar-refractivity contribution in [2.45, 2.75) is 83.9 Å². The normalized spacial score (nSPS) is 29.6. The lowest BCUT2D eigenvalue weighted by atomic mass is 9.84. The Labute approximate surface area is 131 Å². The van der Waals surface area contributed by atoms with E-state index in [9.17, 15) is 5.11 Å². The van der Waals surface area contributed by atoms with E-state index in [1.165, 1.54) is 45.2 Å². The zero-order chi connectivity index (χ0) is 15.2. The Hall–Kier alpha value is -0.120. The van der Waals surface area contributed by atoms with Gasteiger partial charge < -0.3 is 10.4 Å². The van der Waals surface area contributed by atoms with Crippen LogP contribution in [0.3, 0.4) is 0 Å². The Morgan fingerprint density at radius 3 is 2.57 bits per heavy atom. The minimum Gasteiger partial charge on any atom is -0.393 e. The van der Waals surface area contributed by atoms with Gasteiger partial charge in [-0.05, 0) is 56.9 Å². The number of piperidine rings is 1. The van der Waals surface area contributed by atoms with Gasteiger partial charge in [-0.25, -0.2) is 0 Å². The van der Waals surface area contributed by atoms with Crippen LogP contribution in [-0.4, -0.2) is 47.8 Å². The Balaban J connectivity index is 1.83. The molecule has 1 aliphatic carbocycles. The summed E-state index contributed by atoms with van der Waals surface area (Å²) in [5, 5.41) is 13.8. The van der Waals surface area contributed by atoms with Crippen molar-refractivity contribution in [3.8, 4) is 0 Å². The number of hydrogen-bond acceptors (Lipinski definition) is 3. The Kier molecular flexibility index (Phi) is 6.97. The van der Waals surface area contributed by atoms with Crippen molar-refractivity contribution in [1.29, 1.82) is 0 Å². The molecule has 21 heavy (non-hydrogen) atoms. The van der Waals surface area contributed by atoms with Crippen molar-refractivity contribution in [3.63, 3.8) is 0 Å². The lowest BCUT2D eigenvalue weighted by molar-refractivity contribution is 0.0371. The first-order valence-corrected chi connectivity index (χ1v) is 9.24. The molecule has 0 aromatic carbocycles. The molecule has 1 saturated heterocycles. The Bertz CT molecular complexity index is 291. The van der Waals surface area contributed by atoms with Crippen LogP contribution in [-0.2, 0) is 0 Å². The molecule has 1 heterocycles. The van der Waals surface area contributed by atoms with Crippen LogP contribution in [0.1, 0.15) is 65.7 Å². The molecule has 1 aliphatic heterocycles. The average molecular weight is 296 g/mol. The predicted molar refractivity (Wildman–Crippen MR) is 89.5 cm³/mol. The predicted octanol–water partition coefficient (Wildman–Crippen LogP) is 3.03. The number of aliphatic hydroxyl groups excluding tert-OH is 1. The van der Waals surface area contributed by atoms with Crippen LogP contribution in [0.5, 0.6) is 0 Å². The molecule has 0 amide bonds. The second-order valence-electron chi connectivity index (χ2n) is 7.77. The van der Waals surface area contributed by atoms with Gasteiger partial charge in [0, 0.05) is 25.2 Å². The summed E-state index contributed by atoms with van der Waals surface area (Å²) in [6.45, 7) is 10.3. The van der Waals surface area contributed by atoms with Crippen molar-refractivity contribution < 1.29 is 5.11 Å². The summed E-state index contributed by atoms with van der Waals surface area (Å²) in [4.78, 5) is 2.72. The molecule has 124 valence electrons. The van der Waals surface area contributed by atoms with E-state index in [-0.39, 0.29) is 6.10 Å². The average Bonchev–Trinajstić information content (AvgIpc) is 2.36. The van der Waals surface area contributed by atoms with Gasteiger partial charge in [-0.1, -0.05) is 27.2 Å². The first-order chi connectivity index (χ1) is 10.1. The highest BCUT2D eigenvalue weighted by Crippen LogP contribution is 2.31. The molecule has 3 nitrogen and oxygen atoms in total. The van der Waals surface area contributed by atoms with E-state index in [2.05, 4.69) is 31.0 Å². The van der Waals surface area contributed by atoms with E-state index in [0.29, 0.717) is 12.0 Å². The largest absolute Gasteiger partial charge is 0.393 e. The Morgan fingerprint density at radius 2 is 2.00 bits per heavy atom. The van der Waals surface area contributed by atoms with E-state index in [1.54, 1.807) is 0 Å². The highest BCUT2D eigenvalue weighted by molar-refractivity contribution is 4.90. The number of aliphatic hydroxyl groups is 1. The first-order valence-electron chi connectivity index (χ1n) is 9.24. The molecule has 0 spiro atoms. The summed E-state index contributed by atoms with van der Waals surface area (Å²) in [5.41, 5.74) is 0. The van der Waals surface area contributed by atoms with Gasteiger partial charge in [0.2, 0.25) is 0 Å². The van der Waals surface area contributed by atoms with Gasteiger partial charge in [-0.2, -0.15) is 0 Å². The molecule has 2 aliphatic rings. The van der Waals surface area contributed by atoms with Crippen LogP contribution in [0.4, 0.5) is 0 Å². The summed E-state index contributed by atoms with van der Waals surface area (Å²) in [5.74, 6) is 1.45. The maximum Gasteiger partial charge on any atom is 0.0540 e. The number of nitrogens with one attached hydrogen (secondary N) is 1. The van der Waals surface area contributed by atoms with Gasteiger partial charge in [-0.3, -0.25) is 4.90 Å². The topological polar surface area (TPSA) is 35.5 Å². The second kappa shape index (κ2) is 8.50.